The Morgan fingerprint density at radius 2 is 1.74 bits per heavy atom. The Labute approximate surface area is 136 Å². The van der Waals surface area contributed by atoms with E-state index in [0.717, 1.165) is 16.7 Å². The molecule has 1 amide bonds. The van der Waals surface area contributed by atoms with Crippen molar-refractivity contribution in [3.8, 4) is 5.75 Å². The van der Waals surface area contributed by atoms with E-state index in [-0.39, 0.29) is 17.8 Å². The van der Waals surface area contributed by atoms with Crippen molar-refractivity contribution in [1.29, 1.82) is 0 Å². The van der Waals surface area contributed by atoms with E-state index in [0.29, 0.717) is 5.75 Å². The third kappa shape index (κ3) is 4.55. The van der Waals surface area contributed by atoms with Crippen molar-refractivity contribution in [2.24, 2.45) is 0 Å². The minimum atomic E-state index is -0.612. The van der Waals surface area contributed by atoms with E-state index < -0.39 is 6.10 Å². The van der Waals surface area contributed by atoms with Crippen LogP contribution in [0, 0.1) is 19.7 Å². The van der Waals surface area contributed by atoms with Crippen molar-refractivity contribution >= 4 is 5.91 Å². The van der Waals surface area contributed by atoms with Crippen LogP contribution >= 0.6 is 0 Å². The predicted molar refractivity (Wildman–Crippen MR) is 89.0 cm³/mol. The zero-order valence-electron chi connectivity index (χ0n) is 13.9. The number of nitrogens with one attached hydrogen (secondary N) is 1. The Hall–Kier alpha value is -2.36. The quantitative estimate of drug-likeness (QED) is 0.902. The summed E-state index contributed by atoms with van der Waals surface area (Å²) in [6.07, 6.45) is -0.612. The minimum absolute atomic E-state index is 0.207. The summed E-state index contributed by atoms with van der Waals surface area (Å²) in [7, 11) is 0. The van der Waals surface area contributed by atoms with E-state index in [9.17, 15) is 9.18 Å². The first-order valence-electron chi connectivity index (χ1n) is 7.66. The SMILES string of the molecule is Cc1ccc(O[C@H](C)C(=O)N[C@H](C)c2ccc(F)cc2)c(C)c1. The van der Waals surface area contributed by atoms with Crippen molar-refractivity contribution in [1.82, 2.24) is 5.32 Å². The molecule has 2 aromatic rings. The number of hydrogen-bond donors (Lipinski definition) is 1. The summed E-state index contributed by atoms with van der Waals surface area (Å²) in [6, 6.07) is 11.7. The molecular weight excluding hydrogens is 293 g/mol. The number of carbonyl (C=O) groups excluding carboxylic acids is 1. The molecular formula is C19H22FNO2. The Balaban J connectivity index is 1.98. The van der Waals surface area contributed by atoms with Crippen LogP contribution in [-0.2, 0) is 4.79 Å². The topological polar surface area (TPSA) is 38.3 Å². The van der Waals surface area contributed by atoms with Crippen LogP contribution < -0.4 is 10.1 Å². The molecule has 0 unspecified atom stereocenters. The van der Waals surface area contributed by atoms with E-state index in [1.165, 1.54) is 12.1 Å². The van der Waals surface area contributed by atoms with Gasteiger partial charge in [-0.25, -0.2) is 4.39 Å². The number of aryl methyl sites for hydroxylation is 2. The van der Waals surface area contributed by atoms with Gasteiger partial charge in [0.05, 0.1) is 6.04 Å². The third-order valence-corrected chi connectivity index (χ3v) is 3.73. The summed E-state index contributed by atoms with van der Waals surface area (Å²) >= 11 is 0. The fraction of sp³-hybridized carbons (Fsp3) is 0.316. The van der Waals surface area contributed by atoms with Gasteiger partial charge in [-0.15, -0.1) is 0 Å². The normalized spacial score (nSPS) is 13.3. The van der Waals surface area contributed by atoms with Crippen molar-refractivity contribution in [2.45, 2.75) is 39.8 Å². The van der Waals surface area contributed by atoms with Gasteiger partial charge >= 0.3 is 0 Å². The molecule has 0 fully saturated rings. The number of benzene rings is 2. The van der Waals surface area contributed by atoms with Gasteiger partial charge in [0, 0.05) is 0 Å². The van der Waals surface area contributed by atoms with E-state index in [2.05, 4.69) is 5.32 Å². The van der Waals surface area contributed by atoms with Crippen LogP contribution in [0.2, 0.25) is 0 Å². The molecule has 122 valence electrons. The third-order valence-electron chi connectivity index (χ3n) is 3.73. The molecule has 0 bridgehead atoms. The van der Waals surface area contributed by atoms with Gasteiger partial charge in [-0.2, -0.15) is 0 Å². The summed E-state index contributed by atoms with van der Waals surface area (Å²) in [5.41, 5.74) is 2.99. The number of hydrogen-bond acceptors (Lipinski definition) is 2. The number of ether oxygens (including phenoxy) is 1. The molecule has 0 aliphatic heterocycles. The van der Waals surface area contributed by atoms with Crippen LogP contribution in [0.15, 0.2) is 42.5 Å². The van der Waals surface area contributed by atoms with Crippen LogP contribution in [0.5, 0.6) is 5.75 Å². The van der Waals surface area contributed by atoms with E-state index in [1.54, 1.807) is 19.1 Å². The van der Waals surface area contributed by atoms with Crippen molar-refractivity contribution < 1.29 is 13.9 Å². The van der Waals surface area contributed by atoms with Crippen LogP contribution in [0.3, 0.4) is 0 Å². The van der Waals surface area contributed by atoms with Crippen LogP contribution in [0.1, 0.15) is 36.6 Å². The summed E-state index contributed by atoms with van der Waals surface area (Å²) in [4.78, 5) is 12.3. The molecule has 0 saturated carbocycles. The van der Waals surface area contributed by atoms with Gasteiger partial charge in [0.2, 0.25) is 0 Å². The van der Waals surface area contributed by atoms with Crippen molar-refractivity contribution in [3.63, 3.8) is 0 Å². The number of amides is 1. The lowest BCUT2D eigenvalue weighted by Crippen LogP contribution is -2.37. The maximum absolute atomic E-state index is 12.9. The molecule has 0 aliphatic carbocycles. The average molecular weight is 315 g/mol. The molecule has 0 spiro atoms. The molecule has 4 heteroatoms. The Morgan fingerprint density at radius 1 is 1.09 bits per heavy atom. The highest BCUT2D eigenvalue weighted by Gasteiger charge is 2.18. The molecule has 23 heavy (non-hydrogen) atoms. The number of rotatable bonds is 5. The second-order valence-electron chi connectivity index (χ2n) is 5.81. The molecule has 0 heterocycles. The Kier molecular flexibility index (Phi) is 5.37. The van der Waals surface area contributed by atoms with Crippen molar-refractivity contribution in [2.75, 3.05) is 0 Å². The second kappa shape index (κ2) is 7.27. The standard InChI is InChI=1S/C19H22FNO2/c1-12-5-10-18(13(2)11-12)23-15(4)19(22)21-14(3)16-6-8-17(20)9-7-16/h5-11,14-15H,1-4H3,(H,21,22)/t14-,15-/m1/s1. The maximum Gasteiger partial charge on any atom is 0.261 e. The van der Waals surface area contributed by atoms with Gasteiger partial charge in [-0.3, -0.25) is 4.79 Å². The number of carbonyl (C=O) groups is 1. The lowest BCUT2D eigenvalue weighted by atomic mass is 10.1. The van der Waals surface area contributed by atoms with E-state index in [4.69, 9.17) is 4.74 Å². The predicted octanol–water partition coefficient (Wildman–Crippen LogP) is 4.09. The van der Waals surface area contributed by atoms with Gasteiger partial charge < -0.3 is 10.1 Å². The molecule has 2 rings (SSSR count). The number of halogens is 1. The van der Waals surface area contributed by atoms with E-state index in [1.807, 2.05) is 39.0 Å². The van der Waals surface area contributed by atoms with Gasteiger partial charge in [0.1, 0.15) is 11.6 Å². The smallest absolute Gasteiger partial charge is 0.261 e. The highest BCUT2D eigenvalue weighted by atomic mass is 19.1. The van der Waals surface area contributed by atoms with Gasteiger partial charge in [0.15, 0.2) is 6.10 Å². The Bertz CT molecular complexity index is 682. The zero-order valence-corrected chi connectivity index (χ0v) is 13.9. The molecule has 0 aliphatic rings. The molecule has 3 nitrogen and oxygen atoms in total. The fourth-order valence-electron chi connectivity index (χ4n) is 2.34. The highest BCUT2D eigenvalue weighted by Crippen LogP contribution is 2.20. The zero-order chi connectivity index (χ0) is 17.0. The summed E-state index contributed by atoms with van der Waals surface area (Å²) in [5, 5.41) is 2.88. The largest absolute Gasteiger partial charge is 0.481 e. The summed E-state index contributed by atoms with van der Waals surface area (Å²) in [6.45, 7) is 7.53. The first-order chi connectivity index (χ1) is 10.9. The second-order valence-corrected chi connectivity index (χ2v) is 5.81. The van der Waals surface area contributed by atoms with Crippen molar-refractivity contribution in [3.05, 3.63) is 65.0 Å². The molecule has 2 aromatic carbocycles. The lowest BCUT2D eigenvalue weighted by molar-refractivity contribution is -0.127. The van der Waals surface area contributed by atoms with E-state index >= 15 is 0 Å². The monoisotopic (exact) mass is 315 g/mol. The van der Waals surface area contributed by atoms with Crippen LogP contribution in [0.25, 0.3) is 0 Å². The van der Waals surface area contributed by atoms with Crippen LogP contribution in [0.4, 0.5) is 4.39 Å². The average Bonchev–Trinajstić information content (AvgIpc) is 2.50. The molecule has 0 radical (unpaired) electrons. The first kappa shape index (κ1) is 17.0. The minimum Gasteiger partial charge on any atom is -0.481 e. The van der Waals surface area contributed by atoms with Gasteiger partial charge in [0.25, 0.3) is 5.91 Å². The first-order valence-corrected chi connectivity index (χ1v) is 7.66. The molecule has 0 aromatic heterocycles. The molecule has 2 atom stereocenters. The molecule has 1 N–H and O–H groups in total. The summed E-state index contributed by atoms with van der Waals surface area (Å²) in [5.74, 6) is 0.202. The maximum atomic E-state index is 12.9. The van der Waals surface area contributed by atoms with Gasteiger partial charge in [-0.1, -0.05) is 29.8 Å². The fourth-order valence-corrected chi connectivity index (χ4v) is 2.34. The Morgan fingerprint density at radius 3 is 2.35 bits per heavy atom. The highest BCUT2D eigenvalue weighted by molar-refractivity contribution is 5.81. The summed E-state index contributed by atoms with van der Waals surface area (Å²) < 4.78 is 18.7. The van der Waals surface area contributed by atoms with Gasteiger partial charge in [-0.05, 0) is 57.0 Å². The molecule has 0 saturated heterocycles. The lowest BCUT2D eigenvalue weighted by Gasteiger charge is -2.20. The van der Waals surface area contributed by atoms with Crippen LogP contribution in [-0.4, -0.2) is 12.0 Å².